The molecule has 0 bridgehead atoms. The SMILES string of the molecule is CCOC(C)(C(=O)O)C(CC)c1ccc(OCCN2c3ccccc3Oc3ccccc32)cc1. The van der Waals surface area contributed by atoms with Gasteiger partial charge >= 0.3 is 5.97 Å². The Kier molecular flexibility index (Phi) is 7.08. The molecule has 1 aliphatic rings. The highest BCUT2D eigenvalue weighted by molar-refractivity contribution is 5.79. The largest absolute Gasteiger partial charge is 0.492 e. The maximum absolute atomic E-state index is 12.0. The van der Waals surface area contributed by atoms with Crippen molar-refractivity contribution >= 4 is 17.3 Å². The number of carbonyl (C=O) groups is 1. The molecule has 2 unspecified atom stereocenters. The summed E-state index contributed by atoms with van der Waals surface area (Å²) in [4.78, 5) is 14.2. The molecule has 0 amide bonds. The second kappa shape index (κ2) is 10.2. The van der Waals surface area contributed by atoms with Crippen LogP contribution in [-0.4, -0.2) is 36.4 Å². The Morgan fingerprint density at radius 3 is 2.09 bits per heavy atom. The summed E-state index contributed by atoms with van der Waals surface area (Å²) in [6.07, 6.45) is 0.652. The molecule has 1 aliphatic heterocycles. The third-order valence-electron chi connectivity index (χ3n) is 6.34. The number of carboxylic acid groups (broad SMARTS) is 1. The van der Waals surface area contributed by atoms with Crippen LogP contribution in [0.25, 0.3) is 0 Å². The summed E-state index contributed by atoms with van der Waals surface area (Å²) in [5.74, 6) is 1.17. The van der Waals surface area contributed by atoms with E-state index in [1.54, 1.807) is 6.92 Å². The van der Waals surface area contributed by atoms with Crippen LogP contribution in [0.3, 0.4) is 0 Å². The summed E-state index contributed by atoms with van der Waals surface area (Å²) in [5, 5.41) is 9.80. The van der Waals surface area contributed by atoms with Crippen LogP contribution in [0.5, 0.6) is 17.2 Å². The minimum absolute atomic E-state index is 0.264. The fourth-order valence-electron chi connectivity index (χ4n) is 4.63. The van der Waals surface area contributed by atoms with Crippen molar-refractivity contribution in [3.63, 3.8) is 0 Å². The van der Waals surface area contributed by atoms with E-state index < -0.39 is 11.6 Å². The van der Waals surface area contributed by atoms with E-state index in [4.69, 9.17) is 14.2 Å². The highest BCUT2D eigenvalue weighted by Gasteiger charge is 2.42. The van der Waals surface area contributed by atoms with Crippen LogP contribution in [0, 0.1) is 0 Å². The van der Waals surface area contributed by atoms with Crippen molar-refractivity contribution in [1.82, 2.24) is 0 Å². The lowest BCUT2D eigenvalue weighted by molar-refractivity contribution is -0.166. The molecule has 178 valence electrons. The van der Waals surface area contributed by atoms with E-state index >= 15 is 0 Å². The van der Waals surface area contributed by atoms with Gasteiger partial charge in [0.05, 0.1) is 17.9 Å². The zero-order valence-corrected chi connectivity index (χ0v) is 19.9. The third-order valence-corrected chi connectivity index (χ3v) is 6.34. The second-order valence-corrected chi connectivity index (χ2v) is 8.41. The fourth-order valence-corrected chi connectivity index (χ4v) is 4.63. The smallest absolute Gasteiger partial charge is 0.336 e. The molecule has 0 fully saturated rings. The van der Waals surface area contributed by atoms with Crippen LogP contribution >= 0.6 is 0 Å². The standard InChI is InChI=1S/C28H31NO5/c1-4-22(28(3,27(30)31)33-5-2)20-14-16-21(17-15-20)32-19-18-29-23-10-6-8-12-25(23)34-26-13-9-7-11-24(26)29/h6-17,22H,4-5,18-19H2,1-3H3,(H,30,31). The van der Waals surface area contributed by atoms with E-state index in [1.165, 1.54) is 0 Å². The minimum atomic E-state index is -1.27. The number of carboxylic acids is 1. The highest BCUT2D eigenvalue weighted by atomic mass is 16.5. The maximum atomic E-state index is 12.0. The van der Waals surface area contributed by atoms with Gasteiger partial charge in [-0.05, 0) is 62.2 Å². The lowest BCUT2D eigenvalue weighted by Crippen LogP contribution is -2.44. The van der Waals surface area contributed by atoms with E-state index in [9.17, 15) is 9.90 Å². The molecule has 34 heavy (non-hydrogen) atoms. The number of para-hydroxylation sites is 4. The van der Waals surface area contributed by atoms with Crippen molar-refractivity contribution in [2.75, 3.05) is 24.7 Å². The van der Waals surface area contributed by atoms with Crippen molar-refractivity contribution in [1.29, 1.82) is 0 Å². The molecule has 2 atom stereocenters. The summed E-state index contributed by atoms with van der Waals surface area (Å²) in [6.45, 7) is 6.91. The number of anilines is 2. The van der Waals surface area contributed by atoms with Crippen LogP contribution < -0.4 is 14.4 Å². The topological polar surface area (TPSA) is 68.2 Å². The number of benzene rings is 3. The van der Waals surface area contributed by atoms with Crippen molar-refractivity contribution < 1.29 is 24.1 Å². The minimum Gasteiger partial charge on any atom is -0.492 e. The Labute approximate surface area is 200 Å². The summed E-state index contributed by atoms with van der Waals surface area (Å²) in [5.41, 5.74) is 1.66. The first-order chi connectivity index (χ1) is 16.5. The molecular weight excluding hydrogens is 430 g/mol. The Hall–Kier alpha value is -3.51. The van der Waals surface area contributed by atoms with E-state index in [2.05, 4.69) is 4.90 Å². The van der Waals surface area contributed by atoms with Crippen LogP contribution in [0.4, 0.5) is 11.4 Å². The zero-order chi connectivity index (χ0) is 24.1. The first-order valence-corrected chi connectivity index (χ1v) is 11.7. The predicted octanol–water partition coefficient (Wildman–Crippen LogP) is 6.38. The van der Waals surface area contributed by atoms with Gasteiger partial charge in [-0.25, -0.2) is 4.79 Å². The van der Waals surface area contributed by atoms with Crippen LogP contribution in [0.2, 0.25) is 0 Å². The van der Waals surface area contributed by atoms with Gasteiger partial charge in [0, 0.05) is 12.5 Å². The molecule has 3 aromatic carbocycles. The summed E-state index contributed by atoms with van der Waals surface area (Å²) < 4.78 is 17.8. The average molecular weight is 462 g/mol. The summed E-state index contributed by atoms with van der Waals surface area (Å²) in [6, 6.07) is 23.6. The van der Waals surface area contributed by atoms with Gasteiger partial charge in [-0.15, -0.1) is 0 Å². The van der Waals surface area contributed by atoms with E-state index in [0.29, 0.717) is 26.2 Å². The van der Waals surface area contributed by atoms with Crippen molar-refractivity contribution in [3.8, 4) is 17.2 Å². The molecule has 3 aromatic rings. The van der Waals surface area contributed by atoms with Gasteiger partial charge in [-0.1, -0.05) is 43.3 Å². The lowest BCUT2D eigenvalue weighted by Gasteiger charge is -2.33. The second-order valence-electron chi connectivity index (χ2n) is 8.41. The Morgan fingerprint density at radius 2 is 1.56 bits per heavy atom. The predicted molar refractivity (Wildman–Crippen MR) is 133 cm³/mol. The van der Waals surface area contributed by atoms with Crippen LogP contribution in [-0.2, 0) is 9.53 Å². The first kappa shape index (κ1) is 23.6. The molecule has 0 spiro atoms. The Morgan fingerprint density at radius 1 is 0.971 bits per heavy atom. The van der Waals surface area contributed by atoms with E-state index in [1.807, 2.05) is 86.6 Å². The molecule has 0 radical (unpaired) electrons. The van der Waals surface area contributed by atoms with Gasteiger partial charge in [-0.2, -0.15) is 0 Å². The van der Waals surface area contributed by atoms with Crippen LogP contribution in [0.15, 0.2) is 72.8 Å². The van der Waals surface area contributed by atoms with Gasteiger partial charge in [0.1, 0.15) is 12.4 Å². The Bertz CT molecular complexity index is 1080. The number of hydrogen-bond acceptors (Lipinski definition) is 5. The van der Waals surface area contributed by atoms with E-state index in [-0.39, 0.29) is 5.92 Å². The molecule has 1 heterocycles. The monoisotopic (exact) mass is 461 g/mol. The zero-order valence-electron chi connectivity index (χ0n) is 19.9. The summed E-state index contributed by atoms with van der Waals surface area (Å²) in [7, 11) is 0. The van der Waals surface area contributed by atoms with Gasteiger partial charge in [-0.3, -0.25) is 0 Å². The van der Waals surface area contributed by atoms with Gasteiger partial charge < -0.3 is 24.2 Å². The highest BCUT2D eigenvalue weighted by Crippen LogP contribution is 2.46. The molecule has 6 nitrogen and oxygen atoms in total. The summed E-state index contributed by atoms with van der Waals surface area (Å²) >= 11 is 0. The van der Waals surface area contributed by atoms with Crippen molar-refractivity contribution in [2.24, 2.45) is 0 Å². The number of ether oxygens (including phenoxy) is 3. The molecule has 0 aliphatic carbocycles. The molecule has 6 heteroatoms. The number of hydrogen-bond donors (Lipinski definition) is 1. The first-order valence-electron chi connectivity index (χ1n) is 11.7. The van der Waals surface area contributed by atoms with Gasteiger partial charge in [0.15, 0.2) is 17.1 Å². The lowest BCUT2D eigenvalue weighted by atomic mass is 9.81. The van der Waals surface area contributed by atoms with E-state index in [0.717, 1.165) is 34.2 Å². The van der Waals surface area contributed by atoms with Crippen LogP contribution in [0.1, 0.15) is 38.7 Å². The van der Waals surface area contributed by atoms with Gasteiger partial charge in [0.25, 0.3) is 0 Å². The molecule has 4 rings (SSSR count). The quantitative estimate of drug-likeness (QED) is 0.378. The fraction of sp³-hybridized carbons (Fsp3) is 0.321. The maximum Gasteiger partial charge on any atom is 0.336 e. The molecule has 1 N–H and O–H groups in total. The molecular formula is C28H31NO5. The van der Waals surface area contributed by atoms with Gasteiger partial charge in [0.2, 0.25) is 0 Å². The Balaban J connectivity index is 1.45. The molecule has 0 aromatic heterocycles. The molecule has 0 saturated carbocycles. The number of rotatable bonds is 10. The number of aliphatic carboxylic acids is 1. The average Bonchev–Trinajstić information content (AvgIpc) is 2.85. The molecule has 0 saturated heterocycles. The number of nitrogens with zero attached hydrogens (tertiary/aromatic N) is 1. The number of fused-ring (bicyclic) bond motifs is 2. The van der Waals surface area contributed by atoms with Crippen molar-refractivity contribution in [2.45, 2.75) is 38.7 Å². The normalized spacial score (nSPS) is 14.9. The van der Waals surface area contributed by atoms with Crippen molar-refractivity contribution in [3.05, 3.63) is 78.4 Å². The third kappa shape index (κ3) is 4.59.